The predicted octanol–water partition coefficient (Wildman–Crippen LogP) is 3.38. The van der Waals surface area contributed by atoms with E-state index >= 15 is 0 Å². The molecule has 9 heteroatoms. The first-order valence-electron chi connectivity index (χ1n) is 10.9. The maximum absolute atomic E-state index is 12.6. The second-order valence-electron chi connectivity index (χ2n) is 8.80. The monoisotopic (exact) mass is 445 g/mol. The highest BCUT2D eigenvalue weighted by Crippen LogP contribution is 2.42. The van der Waals surface area contributed by atoms with Crippen LogP contribution in [0.4, 0.5) is 13.2 Å². The predicted molar refractivity (Wildman–Crippen MR) is 110 cm³/mol. The lowest BCUT2D eigenvalue weighted by molar-refractivity contribution is -0.148. The number of alkyl halides is 3. The Morgan fingerprint density at radius 2 is 1.93 bits per heavy atom. The number of hydrogen-bond donors (Lipinski definition) is 2. The average molecular weight is 446 g/mol. The van der Waals surface area contributed by atoms with E-state index in [0.717, 1.165) is 39.0 Å². The number of thiophene rings is 1. The number of piperidine rings is 1. The molecule has 2 N–H and O–H groups in total. The van der Waals surface area contributed by atoms with Gasteiger partial charge in [0.1, 0.15) is 0 Å². The second-order valence-corrected chi connectivity index (χ2v) is 9.71. The normalized spacial score (nSPS) is 26.6. The molecule has 1 saturated carbocycles. The van der Waals surface area contributed by atoms with Gasteiger partial charge >= 0.3 is 6.18 Å². The van der Waals surface area contributed by atoms with Crippen LogP contribution in [0.1, 0.15) is 53.3 Å². The molecule has 0 aromatic carbocycles. The molecule has 2 aliphatic heterocycles. The number of nitrogens with zero attached hydrogens (tertiary/aromatic N) is 1. The minimum atomic E-state index is -4.16. The summed E-state index contributed by atoms with van der Waals surface area (Å²) in [6, 6.07) is 2.43. The summed E-state index contributed by atoms with van der Waals surface area (Å²) in [7, 11) is 0. The van der Waals surface area contributed by atoms with Crippen LogP contribution in [0.2, 0.25) is 0 Å². The molecule has 3 heterocycles. The topological polar surface area (TPSA) is 53.6 Å². The SMILES string of the molecule is O=C(NC1CCN(CC(F)(F)F)CC1)c1cc(C2CC2NCC2CCOCC2)cs1. The van der Waals surface area contributed by atoms with Gasteiger partial charge in [0.2, 0.25) is 0 Å². The lowest BCUT2D eigenvalue weighted by atomic mass is 10.0. The summed E-state index contributed by atoms with van der Waals surface area (Å²) in [4.78, 5) is 14.7. The summed E-state index contributed by atoms with van der Waals surface area (Å²) in [5.41, 5.74) is 1.22. The Morgan fingerprint density at radius 3 is 2.63 bits per heavy atom. The quantitative estimate of drug-likeness (QED) is 0.676. The zero-order chi connectivity index (χ0) is 21.1. The van der Waals surface area contributed by atoms with Crippen LogP contribution in [-0.4, -0.2) is 68.5 Å². The third-order valence-corrected chi connectivity index (χ3v) is 7.34. The van der Waals surface area contributed by atoms with Crippen molar-refractivity contribution in [2.24, 2.45) is 5.92 Å². The van der Waals surface area contributed by atoms with Gasteiger partial charge in [0.15, 0.2) is 0 Å². The van der Waals surface area contributed by atoms with Crippen LogP contribution in [-0.2, 0) is 4.74 Å². The zero-order valence-corrected chi connectivity index (χ0v) is 17.9. The molecular weight excluding hydrogens is 415 g/mol. The number of nitrogens with one attached hydrogen (secondary N) is 2. The molecule has 3 fully saturated rings. The molecule has 1 aromatic rings. The molecule has 2 unspecified atom stereocenters. The number of likely N-dealkylation sites (tertiary alicyclic amines) is 1. The summed E-state index contributed by atoms with van der Waals surface area (Å²) in [5.74, 6) is 1.08. The van der Waals surface area contributed by atoms with Gasteiger partial charge < -0.3 is 15.4 Å². The van der Waals surface area contributed by atoms with Crippen molar-refractivity contribution in [2.75, 3.05) is 39.4 Å². The third-order valence-electron chi connectivity index (χ3n) is 6.40. The number of carbonyl (C=O) groups is 1. The molecule has 4 rings (SSSR count). The Labute approximate surface area is 179 Å². The highest BCUT2D eigenvalue weighted by molar-refractivity contribution is 7.12. The Morgan fingerprint density at radius 1 is 1.20 bits per heavy atom. The number of amides is 1. The van der Waals surface area contributed by atoms with Crippen LogP contribution < -0.4 is 10.6 Å². The molecular formula is C21H30F3N3O2S. The summed E-state index contributed by atoms with van der Waals surface area (Å²) in [6.07, 6.45) is 0.314. The van der Waals surface area contributed by atoms with Crippen LogP contribution in [0.15, 0.2) is 11.4 Å². The van der Waals surface area contributed by atoms with E-state index in [4.69, 9.17) is 4.74 Å². The lowest BCUT2D eigenvalue weighted by Crippen LogP contribution is -2.46. The van der Waals surface area contributed by atoms with Crippen molar-refractivity contribution >= 4 is 17.2 Å². The molecule has 30 heavy (non-hydrogen) atoms. The first-order valence-corrected chi connectivity index (χ1v) is 11.7. The van der Waals surface area contributed by atoms with Gasteiger partial charge in [-0.3, -0.25) is 9.69 Å². The molecule has 1 aromatic heterocycles. The van der Waals surface area contributed by atoms with Gasteiger partial charge in [0, 0.05) is 44.3 Å². The Bertz CT molecular complexity index is 713. The van der Waals surface area contributed by atoms with E-state index in [1.165, 1.54) is 21.8 Å². The third kappa shape index (κ3) is 6.18. The van der Waals surface area contributed by atoms with E-state index in [1.54, 1.807) is 0 Å². The number of rotatable bonds is 7. The van der Waals surface area contributed by atoms with Crippen LogP contribution in [0.3, 0.4) is 0 Å². The van der Waals surface area contributed by atoms with Crippen molar-refractivity contribution in [3.05, 3.63) is 21.9 Å². The van der Waals surface area contributed by atoms with Crippen LogP contribution in [0.25, 0.3) is 0 Å². The standard InChI is InChI=1S/C21H30F3N3O2S/c22-21(23,24)13-27-5-1-16(2-6-27)26-20(28)19-9-15(12-30-19)17-10-18(17)25-11-14-3-7-29-8-4-14/h9,12,14,16-18,25H,1-8,10-11,13H2,(H,26,28). The molecule has 3 aliphatic rings. The molecule has 2 saturated heterocycles. The van der Waals surface area contributed by atoms with Gasteiger partial charge in [-0.15, -0.1) is 11.3 Å². The molecule has 1 amide bonds. The Hall–Kier alpha value is -1.16. The fourth-order valence-electron chi connectivity index (χ4n) is 4.47. The van der Waals surface area contributed by atoms with Gasteiger partial charge in [-0.2, -0.15) is 13.2 Å². The molecule has 168 valence electrons. The summed E-state index contributed by atoms with van der Waals surface area (Å²) in [5, 5.41) is 8.74. The smallest absolute Gasteiger partial charge is 0.381 e. The van der Waals surface area contributed by atoms with E-state index in [-0.39, 0.29) is 11.9 Å². The van der Waals surface area contributed by atoms with E-state index in [0.29, 0.717) is 48.7 Å². The first kappa shape index (κ1) is 22.0. The number of hydrogen-bond acceptors (Lipinski definition) is 5. The molecule has 2 atom stereocenters. The van der Waals surface area contributed by atoms with E-state index in [2.05, 4.69) is 16.0 Å². The second kappa shape index (κ2) is 9.54. The number of carbonyl (C=O) groups excluding carboxylic acids is 1. The first-order chi connectivity index (χ1) is 14.4. The average Bonchev–Trinajstić information content (AvgIpc) is 3.32. The zero-order valence-electron chi connectivity index (χ0n) is 17.0. The highest BCUT2D eigenvalue weighted by atomic mass is 32.1. The van der Waals surface area contributed by atoms with Crippen molar-refractivity contribution in [1.29, 1.82) is 0 Å². The molecule has 0 spiro atoms. The Balaban J connectivity index is 1.19. The van der Waals surface area contributed by atoms with Gasteiger partial charge in [0.05, 0.1) is 11.4 Å². The van der Waals surface area contributed by atoms with Gasteiger partial charge in [-0.05, 0) is 61.6 Å². The lowest BCUT2D eigenvalue weighted by Gasteiger charge is -2.32. The maximum atomic E-state index is 12.6. The molecule has 5 nitrogen and oxygen atoms in total. The number of halogens is 3. The largest absolute Gasteiger partial charge is 0.401 e. The number of ether oxygens (including phenoxy) is 1. The maximum Gasteiger partial charge on any atom is 0.401 e. The Kier molecular flexibility index (Phi) is 7.01. The molecule has 0 bridgehead atoms. The minimum Gasteiger partial charge on any atom is -0.381 e. The van der Waals surface area contributed by atoms with E-state index in [1.807, 2.05) is 6.07 Å². The van der Waals surface area contributed by atoms with Crippen molar-refractivity contribution in [3.8, 4) is 0 Å². The van der Waals surface area contributed by atoms with Gasteiger partial charge in [-0.25, -0.2) is 0 Å². The molecule has 1 aliphatic carbocycles. The van der Waals surface area contributed by atoms with E-state index < -0.39 is 12.7 Å². The van der Waals surface area contributed by atoms with Gasteiger partial charge in [0.25, 0.3) is 5.91 Å². The summed E-state index contributed by atoms with van der Waals surface area (Å²) >= 11 is 1.46. The molecule has 0 radical (unpaired) electrons. The van der Waals surface area contributed by atoms with Crippen LogP contribution in [0, 0.1) is 5.92 Å². The summed E-state index contributed by atoms with van der Waals surface area (Å²) < 4.78 is 42.9. The highest BCUT2D eigenvalue weighted by Gasteiger charge is 2.39. The van der Waals surface area contributed by atoms with Crippen LogP contribution in [0.5, 0.6) is 0 Å². The fourth-order valence-corrected chi connectivity index (χ4v) is 5.34. The van der Waals surface area contributed by atoms with Crippen molar-refractivity contribution in [1.82, 2.24) is 15.5 Å². The fraction of sp³-hybridized carbons (Fsp3) is 0.762. The van der Waals surface area contributed by atoms with Crippen molar-refractivity contribution < 1.29 is 22.7 Å². The van der Waals surface area contributed by atoms with Crippen molar-refractivity contribution in [3.63, 3.8) is 0 Å². The summed E-state index contributed by atoms with van der Waals surface area (Å²) in [6.45, 7) is 2.63. The van der Waals surface area contributed by atoms with Crippen LogP contribution >= 0.6 is 11.3 Å². The van der Waals surface area contributed by atoms with E-state index in [9.17, 15) is 18.0 Å². The minimum absolute atomic E-state index is 0.0534. The van der Waals surface area contributed by atoms with Gasteiger partial charge in [-0.1, -0.05) is 0 Å². The van der Waals surface area contributed by atoms with Crippen molar-refractivity contribution in [2.45, 2.75) is 56.3 Å².